The fourth-order valence-electron chi connectivity index (χ4n) is 2.48. The molecule has 0 aliphatic rings. The van der Waals surface area contributed by atoms with Crippen molar-refractivity contribution in [2.24, 2.45) is 5.73 Å². The summed E-state index contributed by atoms with van der Waals surface area (Å²) in [4.78, 5) is 35.0. The molecule has 2 rings (SSSR count). The third-order valence-electron chi connectivity index (χ3n) is 3.81. The molecule has 0 radical (unpaired) electrons. The first-order valence-electron chi connectivity index (χ1n) is 8.20. The minimum Gasteiger partial charge on any atom is -0.368 e. The Morgan fingerprint density at radius 2 is 1.71 bits per heavy atom. The lowest BCUT2D eigenvalue weighted by Crippen LogP contribution is -2.45. The van der Waals surface area contributed by atoms with Crippen LogP contribution in [0.2, 0.25) is 0 Å². The van der Waals surface area contributed by atoms with Crippen LogP contribution in [-0.2, 0) is 22.2 Å². The molecule has 3 amide bonds. The van der Waals surface area contributed by atoms with Gasteiger partial charge in [0.1, 0.15) is 6.04 Å². The predicted octanol–water partition coefficient (Wildman–Crippen LogP) is 2.49. The van der Waals surface area contributed by atoms with E-state index in [1.54, 1.807) is 0 Å². The molecule has 0 heterocycles. The van der Waals surface area contributed by atoms with Crippen LogP contribution >= 0.6 is 0 Å². The largest absolute Gasteiger partial charge is 0.416 e. The number of hydrogen-bond donors (Lipinski definition) is 3. The van der Waals surface area contributed by atoms with E-state index >= 15 is 0 Å². The molecule has 28 heavy (non-hydrogen) atoms. The third kappa shape index (κ3) is 5.83. The molecule has 0 unspecified atom stereocenters. The summed E-state index contributed by atoms with van der Waals surface area (Å²) in [5, 5.41) is 4.96. The van der Waals surface area contributed by atoms with Crippen molar-refractivity contribution in [3.8, 4) is 0 Å². The molecule has 0 aromatic heterocycles. The van der Waals surface area contributed by atoms with Crippen molar-refractivity contribution in [1.82, 2.24) is 5.32 Å². The number of nitrogens with two attached hydrogens (primary N) is 1. The Balaban J connectivity index is 2.11. The van der Waals surface area contributed by atoms with Crippen molar-refractivity contribution in [3.63, 3.8) is 0 Å². The van der Waals surface area contributed by atoms with E-state index in [4.69, 9.17) is 5.73 Å². The summed E-state index contributed by atoms with van der Waals surface area (Å²) in [5.74, 6) is -1.77. The highest BCUT2D eigenvalue weighted by Gasteiger charge is 2.30. The molecule has 6 nitrogen and oxygen atoms in total. The highest BCUT2D eigenvalue weighted by Crippen LogP contribution is 2.29. The number of anilines is 1. The number of rotatable bonds is 6. The summed E-state index contributed by atoms with van der Waals surface area (Å²) in [5.41, 5.74) is 5.33. The second kappa shape index (κ2) is 8.55. The minimum absolute atomic E-state index is 0.186. The summed E-state index contributed by atoms with van der Waals surface area (Å²) >= 11 is 0. The monoisotopic (exact) mass is 393 g/mol. The van der Waals surface area contributed by atoms with E-state index in [-0.39, 0.29) is 23.5 Å². The van der Waals surface area contributed by atoms with E-state index in [9.17, 15) is 27.6 Å². The molecule has 0 bridgehead atoms. The third-order valence-corrected chi connectivity index (χ3v) is 3.81. The van der Waals surface area contributed by atoms with Crippen molar-refractivity contribution < 1.29 is 27.6 Å². The normalized spacial score (nSPS) is 12.1. The van der Waals surface area contributed by atoms with E-state index < -0.39 is 29.6 Å². The van der Waals surface area contributed by atoms with Gasteiger partial charge in [-0.2, -0.15) is 13.2 Å². The zero-order valence-electron chi connectivity index (χ0n) is 14.8. The molecule has 2 aromatic rings. The minimum atomic E-state index is -4.52. The predicted molar refractivity (Wildman–Crippen MR) is 96.3 cm³/mol. The van der Waals surface area contributed by atoms with Crippen LogP contribution in [0.4, 0.5) is 18.9 Å². The smallest absolute Gasteiger partial charge is 0.368 e. The molecule has 0 spiro atoms. The van der Waals surface area contributed by atoms with Crippen LogP contribution in [0.15, 0.2) is 48.5 Å². The lowest BCUT2D eigenvalue weighted by Gasteiger charge is -2.17. The van der Waals surface area contributed by atoms with Gasteiger partial charge in [-0.3, -0.25) is 14.4 Å². The van der Waals surface area contributed by atoms with Crippen molar-refractivity contribution in [3.05, 3.63) is 65.2 Å². The van der Waals surface area contributed by atoms with Gasteiger partial charge in [0, 0.05) is 24.6 Å². The Kier molecular flexibility index (Phi) is 6.40. The molecule has 1 atom stereocenters. The van der Waals surface area contributed by atoms with Crippen LogP contribution in [0, 0.1) is 0 Å². The number of amides is 3. The standard InChI is InChI=1S/C19H18F3N3O3/c1-11(26)24-15-7-5-13(6-8-15)18(28)25-16(17(23)27)10-12-3-2-4-14(9-12)19(20,21)22/h2-9,16H,10H2,1H3,(H2,23,27)(H,24,26)(H,25,28)/t16-/m0/s1. The Labute approximate surface area is 158 Å². The van der Waals surface area contributed by atoms with Gasteiger partial charge >= 0.3 is 6.18 Å². The van der Waals surface area contributed by atoms with E-state index in [1.165, 1.54) is 43.3 Å². The number of carbonyl (C=O) groups is 3. The van der Waals surface area contributed by atoms with Gasteiger partial charge in [-0.1, -0.05) is 18.2 Å². The van der Waals surface area contributed by atoms with E-state index in [0.717, 1.165) is 12.1 Å². The molecule has 0 saturated carbocycles. The first-order valence-corrected chi connectivity index (χ1v) is 8.20. The number of benzene rings is 2. The Hall–Kier alpha value is -3.36. The topological polar surface area (TPSA) is 101 Å². The second-order valence-electron chi connectivity index (χ2n) is 6.09. The maximum absolute atomic E-state index is 12.8. The summed E-state index contributed by atoms with van der Waals surface area (Å²) < 4.78 is 38.5. The number of nitrogens with one attached hydrogen (secondary N) is 2. The van der Waals surface area contributed by atoms with Gasteiger partial charge in [-0.05, 0) is 35.9 Å². The van der Waals surface area contributed by atoms with Crippen LogP contribution in [0.25, 0.3) is 0 Å². The van der Waals surface area contributed by atoms with E-state index in [1.807, 2.05) is 0 Å². The van der Waals surface area contributed by atoms with Crippen LogP contribution in [0.1, 0.15) is 28.4 Å². The summed E-state index contributed by atoms with van der Waals surface area (Å²) in [7, 11) is 0. The molecule has 0 aliphatic carbocycles. The van der Waals surface area contributed by atoms with Crippen LogP contribution in [0.3, 0.4) is 0 Å². The molecule has 0 saturated heterocycles. The number of primary amides is 1. The van der Waals surface area contributed by atoms with Crippen molar-refractivity contribution in [2.75, 3.05) is 5.32 Å². The molecule has 0 fully saturated rings. The first kappa shape index (κ1) is 20.9. The van der Waals surface area contributed by atoms with Gasteiger partial charge in [0.15, 0.2) is 0 Å². The zero-order chi connectivity index (χ0) is 20.9. The zero-order valence-corrected chi connectivity index (χ0v) is 14.8. The van der Waals surface area contributed by atoms with Gasteiger partial charge in [0.25, 0.3) is 5.91 Å². The summed E-state index contributed by atoms with van der Waals surface area (Å²) in [6.45, 7) is 1.34. The molecular weight excluding hydrogens is 375 g/mol. The highest BCUT2D eigenvalue weighted by molar-refractivity contribution is 5.98. The maximum atomic E-state index is 12.8. The van der Waals surface area contributed by atoms with E-state index in [0.29, 0.717) is 5.69 Å². The summed E-state index contributed by atoms with van der Waals surface area (Å²) in [6, 6.07) is 9.14. The van der Waals surface area contributed by atoms with E-state index in [2.05, 4.69) is 10.6 Å². The van der Waals surface area contributed by atoms with Gasteiger partial charge in [0.05, 0.1) is 5.56 Å². The number of carbonyl (C=O) groups excluding carboxylic acids is 3. The second-order valence-corrected chi connectivity index (χ2v) is 6.09. The van der Waals surface area contributed by atoms with Gasteiger partial charge in [0.2, 0.25) is 11.8 Å². The number of halogens is 3. The van der Waals surface area contributed by atoms with Crippen LogP contribution < -0.4 is 16.4 Å². The first-order chi connectivity index (χ1) is 13.1. The average molecular weight is 393 g/mol. The number of alkyl halides is 3. The summed E-state index contributed by atoms with van der Waals surface area (Å²) in [6.07, 6.45) is -4.70. The van der Waals surface area contributed by atoms with Crippen molar-refractivity contribution in [1.29, 1.82) is 0 Å². The van der Waals surface area contributed by atoms with Crippen LogP contribution in [0.5, 0.6) is 0 Å². The van der Waals surface area contributed by atoms with Gasteiger partial charge in [-0.25, -0.2) is 0 Å². The average Bonchev–Trinajstić information content (AvgIpc) is 2.60. The lowest BCUT2D eigenvalue weighted by atomic mass is 10.0. The quantitative estimate of drug-likeness (QED) is 0.703. The fraction of sp³-hybridized carbons (Fsp3) is 0.211. The molecule has 4 N–H and O–H groups in total. The van der Waals surface area contributed by atoms with Gasteiger partial charge in [-0.15, -0.1) is 0 Å². The van der Waals surface area contributed by atoms with Crippen molar-refractivity contribution in [2.45, 2.75) is 25.6 Å². The Morgan fingerprint density at radius 3 is 2.25 bits per heavy atom. The highest BCUT2D eigenvalue weighted by atomic mass is 19.4. The molecule has 0 aliphatic heterocycles. The molecule has 2 aromatic carbocycles. The molecule has 9 heteroatoms. The molecule has 148 valence electrons. The number of hydrogen-bond acceptors (Lipinski definition) is 3. The molecular formula is C19H18F3N3O3. The fourth-order valence-corrected chi connectivity index (χ4v) is 2.48. The SMILES string of the molecule is CC(=O)Nc1ccc(C(=O)N[C@@H](Cc2cccc(C(F)(F)F)c2)C(N)=O)cc1. The Morgan fingerprint density at radius 1 is 1.07 bits per heavy atom. The Bertz CT molecular complexity index is 880. The van der Waals surface area contributed by atoms with Gasteiger partial charge < -0.3 is 16.4 Å². The van der Waals surface area contributed by atoms with Crippen LogP contribution in [-0.4, -0.2) is 23.8 Å². The van der Waals surface area contributed by atoms with Crippen molar-refractivity contribution >= 4 is 23.4 Å². The lowest BCUT2D eigenvalue weighted by molar-refractivity contribution is -0.137. The maximum Gasteiger partial charge on any atom is 0.416 e.